The van der Waals surface area contributed by atoms with Gasteiger partial charge in [-0.25, -0.2) is 0 Å². The molecule has 0 radical (unpaired) electrons. The zero-order valence-corrected chi connectivity index (χ0v) is 7.42. The first-order chi connectivity index (χ1) is 4.96. The van der Waals surface area contributed by atoms with Crippen molar-refractivity contribution in [3.63, 3.8) is 0 Å². The standard InChI is InChI=1S/C9H16O2/c1-6(8(10)11)9(2,3)7-4-5-7/h6-7H,4-5H2,1-3H3,(H,10,11)/t6-/m0/s1. The summed E-state index contributed by atoms with van der Waals surface area (Å²) in [5.74, 6) is -0.231. The molecule has 0 heterocycles. The molecule has 64 valence electrons. The molecule has 0 spiro atoms. The van der Waals surface area contributed by atoms with Gasteiger partial charge in [0.25, 0.3) is 0 Å². The first kappa shape index (κ1) is 8.57. The third-order valence-electron chi connectivity index (χ3n) is 3.12. The largest absolute Gasteiger partial charge is 0.481 e. The molecule has 0 aromatic heterocycles. The first-order valence-corrected chi connectivity index (χ1v) is 4.19. The predicted octanol–water partition coefficient (Wildman–Crippen LogP) is 2.14. The molecule has 1 rings (SSSR count). The molecular formula is C9H16O2. The molecule has 1 aliphatic carbocycles. The fourth-order valence-corrected chi connectivity index (χ4v) is 1.50. The molecule has 0 aromatic carbocycles. The first-order valence-electron chi connectivity index (χ1n) is 4.19. The zero-order valence-electron chi connectivity index (χ0n) is 7.42. The monoisotopic (exact) mass is 156 g/mol. The lowest BCUT2D eigenvalue weighted by Gasteiger charge is -2.28. The molecule has 1 saturated carbocycles. The Morgan fingerprint density at radius 3 is 2.27 bits per heavy atom. The van der Waals surface area contributed by atoms with Gasteiger partial charge < -0.3 is 5.11 Å². The average molecular weight is 156 g/mol. The quantitative estimate of drug-likeness (QED) is 0.679. The summed E-state index contributed by atoms with van der Waals surface area (Å²) in [6, 6.07) is 0. The average Bonchev–Trinajstić information content (AvgIpc) is 2.66. The SMILES string of the molecule is C[C@@H](C(=O)O)C(C)(C)C1CC1. The van der Waals surface area contributed by atoms with Crippen LogP contribution in [0.5, 0.6) is 0 Å². The third kappa shape index (κ3) is 1.55. The summed E-state index contributed by atoms with van der Waals surface area (Å²) in [6.07, 6.45) is 2.43. The van der Waals surface area contributed by atoms with E-state index >= 15 is 0 Å². The fraction of sp³-hybridized carbons (Fsp3) is 0.889. The van der Waals surface area contributed by atoms with Crippen LogP contribution in [0, 0.1) is 17.3 Å². The second kappa shape index (κ2) is 2.50. The zero-order chi connectivity index (χ0) is 8.65. The molecule has 0 amide bonds. The third-order valence-corrected chi connectivity index (χ3v) is 3.12. The molecule has 1 N–H and O–H groups in total. The summed E-state index contributed by atoms with van der Waals surface area (Å²) >= 11 is 0. The van der Waals surface area contributed by atoms with Gasteiger partial charge in [-0.2, -0.15) is 0 Å². The van der Waals surface area contributed by atoms with Gasteiger partial charge in [0, 0.05) is 0 Å². The van der Waals surface area contributed by atoms with Gasteiger partial charge in [-0.15, -0.1) is 0 Å². The highest BCUT2D eigenvalue weighted by Crippen LogP contribution is 2.49. The molecule has 11 heavy (non-hydrogen) atoms. The number of hydrogen-bond acceptors (Lipinski definition) is 1. The van der Waals surface area contributed by atoms with E-state index in [0.29, 0.717) is 5.92 Å². The highest BCUT2D eigenvalue weighted by Gasteiger charge is 2.43. The van der Waals surface area contributed by atoms with Gasteiger partial charge in [-0.1, -0.05) is 20.8 Å². The van der Waals surface area contributed by atoms with E-state index in [1.54, 1.807) is 6.92 Å². The Hall–Kier alpha value is -0.530. The van der Waals surface area contributed by atoms with Gasteiger partial charge in [-0.3, -0.25) is 4.79 Å². The normalized spacial score (nSPS) is 21.4. The molecule has 2 nitrogen and oxygen atoms in total. The van der Waals surface area contributed by atoms with Crippen molar-refractivity contribution >= 4 is 5.97 Å². The summed E-state index contributed by atoms with van der Waals surface area (Å²) in [5, 5.41) is 8.79. The predicted molar refractivity (Wildman–Crippen MR) is 43.3 cm³/mol. The number of carboxylic acids is 1. The van der Waals surface area contributed by atoms with Crippen molar-refractivity contribution in [1.82, 2.24) is 0 Å². The summed E-state index contributed by atoms with van der Waals surface area (Å²) < 4.78 is 0. The molecule has 0 bridgehead atoms. The van der Waals surface area contributed by atoms with Crippen molar-refractivity contribution in [2.45, 2.75) is 33.6 Å². The van der Waals surface area contributed by atoms with E-state index in [-0.39, 0.29) is 11.3 Å². The van der Waals surface area contributed by atoms with Gasteiger partial charge in [0.2, 0.25) is 0 Å². The highest BCUT2D eigenvalue weighted by atomic mass is 16.4. The van der Waals surface area contributed by atoms with Crippen LogP contribution < -0.4 is 0 Å². The van der Waals surface area contributed by atoms with Crippen LogP contribution in [0.25, 0.3) is 0 Å². The second-order valence-corrected chi connectivity index (χ2v) is 4.16. The summed E-state index contributed by atoms with van der Waals surface area (Å²) in [4.78, 5) is 10.7. The van der Waals surface area contributed by atoms with E-state index in [4.69, 9.17) is 5.11 Å². The van der Waals surface area contributed by atoms with Crippen LogP contribution in [0.1, 0.15) is 33.6 Å². The fourth-order valence-electron chi connectivity index (χ4n) is 1.50. The van der Waals surface area contributed by atoms with Crippen LogP contribution in [0.3, 0.4) is 0 Å². The maximum atomic E-state index is 10.7. The van der Waals surface area contributed by atoms with Gasteiger partial charge in [0.15, 0.2) is 0 Å². The van der Waals surface area contributed by atoms with Crippen LogP contribution >= 0.6 is 0 Å². The Morgan fingerprint density at radius 1 is 1.55 bits per heavy atom. The van der Waals surface area contributed by atoms with Crippen molar-refractivity contribution in [2.75, 3.05) is 0 Å². The Labute approximate surface area is 67.6 Å². The van der Waals surface area contributed by atoms with Crippen molar-refractivity contribution in [3.8, 4) is 0 Å². The van der Waals surface area contributed by atoms with E-state index in [9.17, 15) is 4.79 Å². The minimum absolute atomic E-state index is 0.00810. The maximum Gasteiger partial charge on any atom is 0.306 e. The van der Waals surface area contributed by atoms with Gasteiger partial charge in [0.1, 0.15) is 0 Å². The number of carbonyl (C=O) groups is 1. The van der Waals surface area contributed by atoms with Crippen molar-refractivity contribution < 1.29 is 9.90 Å². The Kier molecular flexibility index (Phi) is 1.95. The molecule has 0 aromatic rings. The lowest BCUT2D eigenvalue weighted by Crippen LogP contribution is -2.30. The Balaban J connectivity index is 2.61. The number of hydrogen-bond donors (Lipinski definition) is 1. The molecule has 0 aliphatic heterocycles. The highest BCUT2D eigenvalue weighted by molar-refractivity contribution is 5.70. The maximum absolute atomic E-state index is 10.7. The minimum atomic E-state index is -0.665. The molecule has 1 fully saturated rings. The van der Waals surface area contributed by atoms with Crippen LogP contribution in [0.4, 0.5) is 0 Å². The van der Waals surface area contributed by atoms with Crippen LogP contribution in [-0.4, -0.2) is 11.1 Å². The lowest BCUT2D eigenvalue weighted by molar-refractivity contribution is -0.145. The van der Waals surface area contributed by atoms with E-state index < -0.39 is 5.97 Å². The van der Waals surface area contributed by atoms with Crippen molar-refractivity contribution in [2.24, 2.45) is 17.3 Å². The smallest absolute Gasteiger partial charge is 0.306 e. The van der Waals surface area contributed by atoms with Gasteiger partial charge in [-0.05, 0) is 24.2 Å². The minimum Gasteiger partial charge on any atom is -0.481 e. The van der Waals surface area contributed by atoms with E-state index in [1.165, 1.54) is 12.8 Å². The van der Waals surface area contributed by atoms with Gasteiger partial charge >= 0.3 is 5.97 Å². The number of aliphatic carboxylic acids is 1. The number of rotatable bonds is 3. The van der Waals surface area contributed by atoms with E-state index in [0.717, 1.165) is 0 Å². The van der Waals surface area contributed by atoms with Gasteiger partial charge in [0.05, 0.1) is 5.92 Å². The Morgan fingerprint density at radius 2 is 2.00 bits per heavy atom. The second-order valence-electron chi connectivity index (χ2n) is 4.16. The Bertz CT molecular complexity index is 168. The molecule has 1 atom stereocenters. The van der Waals surface area contributed by atoms with E-state index in [1.807, 2.05) is 0 Å². The number of carboxylic acid groups (broad SMARTS) is 1. The van der Waals surface area contributed by atoms with Crippen LogP contribution in [0.15, 0.2) is 0 Å². The molecule has 2 heteroatoms. The topological polar surface area (TPSA) is 37.3 Å². The van der Waals surface area contributed by atoms with Crippen molar-refractivity contribution in [1.29, 1.82) is 0 Å². The summed E-state index contributed by atoms with van der Waals surface area (Å²) in [5.41, 5.74) is -0.00810. The molecular weight excluding hydrogens is 140 g/mol. The van der Waals surface area contributed by atoms with Crippen molar-refractivity contribution in [3.05, 3.63) is 0 Å². The molecule has 0 unspecified atom stereocenters. The molecule has 1 aliphatic rings. The summed E-state index contributed by atoms with van der Waals surface area (Å²) in [6.45, 7) is 5.92. The molecule has 0 saturated heterocycles. The lowest BCUT2D eigenvalue weighted by atomic mass is 9.76. The van der Waals surface area contributed by atoms with E-state index in [2.05, 4.69) is 13.8 Å². The summed E-state index contributed by atoms with van der Waals surface area (Å²) in [7, 11) is 0. The van der Waals surface area contributed by atoms with Crippen LogP contribution in [-0.2, 0) is 4.79 Å². The van der Waals surface area contributed by atoms with Crippen LogP contribution in [0.2, 0.25) is 0 Å².